The first-order valence-corrected chi connectivity index (χ1v) is 6.72. The number of aliphatic hydroxyl groups excluding tert-OH is 1. The van der Waals surface area contributed by atoms with Crippen LogP contribution in [0.25, 0.3) is 0 Å². The average molecular weight is 245 g/mol. The second-order valence-electron chi connectivity index (χ2n) is 5.59. The monoisotopic (exact) mass is 245 g/mol. The molecule has 2 saturated heterocycles. The minimum atomic E-state index is -0.218. The topological polar surface area (TPSA) is 40.5 Å². The lowest BCUT2D eigenvalue weighted by Crippen LogP contribution is -2.47. The Kier molecular flexibility index (Phi) is 2.86. The maximum atomic E-state index is 12.5. The number of piperidine rings is 1. The highest BCUT2D eigenvalue weighted by atomic mass is 16.3. The largest absolute Gasteiger partial charge is 0.393 e. The Morgan fingerprint density at radius 2 is 1.72 bits per heavy atom. The number of nitrogens with zero attached hydrogens (tertiary/aromatic N) is 1. The van der Waals surface area contributed by atoms with Gasteiger partial charge in [0.2, 0.25) is 0 Å². The standard InChI is InChI=1S/C15H19NO2/c1-10-2-4-11(5-3-10)15(18)16-12-6-7-13(16)9-14(17)8-12/h2-5,12-14,17H,6-9H2,1H3. The van der Waals surface area contributed by atoms with Crippen molar-refractivity contribution in [3.8, 4) is 0 Å². The zero-order chi connectivity index (χ0) is 12.7. The average Bonchev–Trinajstić information content (AvgIpc) is 2.62. The van der Waals surface area contributed by atoms with Gasteiger partial charge in [-0.25, -0.2) is 0 Å². The molecule has 18 heavy (non-hydrogen) atoms. The van der Waals surface area contributed by atoms with Gasteiger partial charge in [0.25, 0.3) is 5.91 Å². The molecule has 3 heteroatoms. The van der Waals surface area contributed by atoms with Crippen molar-refractivity contribution in [1.29, 1.82) is 0 Å². The number of amides is 1. The van der Waals surface area contributed by atoms with Gasteiger partial charge in [0.15, 0.2) is 0 Å². The van der Waals surface area contributed by atoms with Gasteiger partial charge in [0.1, 0.15) is 0 Å². The highest BCUT2D eigenvalue weighted by Crippen LogP contribution is 2.36. The summed E-state index contributed by atoms with van der Waals surface area (Å²) in [4.78, 5) is 14.5. The molecular weight excluding hydrogens is 226 g/mol. The fraction of sp³-hybridized carbons (Fsp3) is 0.533. The van der Waals surface area contributed by atoms with Crippen LogP contribution in [-0.4, -0.2) is 34.1 Å². The molecule has 0 aromatic heterocycles. The Balaban J connectivity index is 1.83. The minimum absolute atomic E-state index is 0.134. The molecule has 2 aliphatic rings. The van der Waals surface area contributed by atoms with Crippen molar-refractivity contribution in [3.05, 3.63) is 35.4 Å². The summed E-state index contributed by atoms with van der Waals surface area (Å²) in [5.41, 5.74) is 1.94. The number of hydrogen-bond donors (Lipinski definition) is 1. The number of aryl methyl sites for hydroxylation is 1. The van der Waals surface area contributed by atoms with Crippen LogP contribution in [0, 0.1) is 6.92 Å². The molecular formula is C15H19NO2. The fourth-order valence-electron chi connectivity index (χ4n) is 3.33. The van der Waals surface area contributed by atoms with Crippen LogP contribution in [0.3, 0.4) is 0 Å². The van der Waals surface area contributed by atoms with Crippen LogP contribution in [0.4, 0.5) is 0 Å². The van der Waals surface area contributed by atoms with Gasteiger partial charge in [-0.05, 0) is 44.7 Å². The van der Waals surface area contributed by atoms with Gasteiger partial charge >= 0.3 is 0 Å². The summed E-state index contributed by atoms with van der Waals surface area (Å²) in [5.74, 6) is 0.134. The molecule has 0 radical (unpaired) electrons. The SMILES string of the molecule is Cc1ccc(C(=O)N2C3CCC2CC(O)C3)cc1. The normalized spacial score (nSPS) is 30.6. The summed E-state index contributed by atoms with van der Waals surface area (Å²) in [5, 5.41) is 9.76. The number of hydrogen-bond acceptors (Lipinski definition) is 2. The van der Waals surface area contributed by atoms with Crippen LogP contribution in [0.15, 0.2) is 24.3 Å². The molecule has 1 amide bonds. The van der Waals surface area contributed by atoms with Gasteiger partial charge in [-0.15, -0.1) is 0 Å². The predicted molar refractivity (Wildman–Crippen MR) is 69.4 cm³/mol. The molecule has 1 aromatic rings. The number of benzene rings is 1. The zero-order valence-corrected chi connectivity index (χ0v) is 10.7. The molecule has 0 spiro atoms. The van der Waals surface area contributed by atoms with Gasteiger partial charge in [0, 0.05) is 17.6 Å². The Labute approximate surface area is 107 Å². The summed E-state index contributed by atoms with van der Waals surface area (Å²) < 4.78 is 0. The zero-order valence-electron chi connectivity index (χ0n) is 10.7. The molecule has 96 valence electrons. The Hall–Kier alpha value is -1.35. The van der Waals surface area contributed by atoms with Gasteiger partial charge in [-0.2, -0.15) is 0 Å². The smallest absolute Gasteiger partial charge is 0.254 e. The Morgan fingerprint density at radius 1 is 1.17 bits per heavy atom. The van der Waals surface area contributed by atoms with E-state index in [-0.39, 0.29) is 24.1 Å². The summed E-state index contributed by atoms with van der Waals surface area (Å²) in [6, 6.07) is 8.26. The molecule has 1 aromatic carbocycles. The summed E-state index contributed by atoms with van der Waals surface area (Å²) in [6.45, 7) is 2.02. The van der Waals surface area contributed by atoms with E-state index in [1.54, 1.807) is 0 Å². The molecule has 2 atom stereocenters. The molecule has 1 N–H and O–H groups in total. The molecule has 2 heterocycles. The second kappa shape index (κ2) is 4.39. The third kappa shape index (κ3) is 1.93. The van der Waals surface area contributed by atoms with E-state index in [1.165, 1.54) is 5.56 Å². The number of fused-ring (bicyclic) bond motifs is 2. The van der Waals surface area contributed by atoms with E-state index < -0.39 is 0 Å². The number of carbonyl (C=O) groups excluding carboxylic acids is 1. The summed E-state index contributed by atoms with van der Waals surface area (Å²) >= 11 is 0. The first-order chi connectivity index (χ1) is 8.65. The van der Waals surface area contributed by atoms with Crippen molar-refractivity contribution in [2.45, 2.75) is 50.8 Å². The van der Waals surface area contributed by atoms with Gasteiger partial charge in [-0.1, -0.05) is 17.7 Å². The summed E-state index contributed by atoms with van der Waals surface area (Å²) in [6.07, 6.45) is 3.35. The molecule has 0 saturated carbocycles. The highest BCUT2D eigenvalue weighted by Gasteiger charge is 2.42. The van der Waals surface area contributed by atoms with Gasteiger partial charge in [0.05, 0.1) is 6.10 Å². The van der Waals surface area contributed by atoms with Crippen molar-refractivity contribution < 1.29 is 9.90 Å². The molecule has 0 aliphatic carbocycles. The van der Waals surface area contributed by atoms with E-state index in [2.05, 4.69) is 0 Å². The van der Waals surface area contributed by atoms with Crippen LogP contribution in [-0.2, 0) is 0 Å². The molecule has 2 aliphatic heterocycles. The lowest BCUT2D eigenvalue weighted by Gasteiger charge is -2.37. The maximum Gasteiger partial charge on any atom is 0.254 e. The van der Waals surface area contributed by atoms with E-state index in [9.17, 15) is 9.90 Å². The molecule has 3 nitrogen and oxygen atoms in total. The minimum Gasteiger partial charge on any atom is -0.393 e. The first-order valence-electron chi connectivity index (χ1n) is 6.72. The first kappa shape index (κ1) is 11.7. The van der Waals surface area contributed by atoms with Crippen molar-refractivity contribution in [2.24, 2.45) is 0 Å². The van der Waals surface area contributed by atoms with E-state index in [0.717, 1.165) is 31.2 Å². The van der Waals surface area contributed by atoms with Crippen molar-refractivity contribution in [2.75, 3.05) is 0 Å². The van der Waals surface area contributed by atoms with Crippen molar-refractivity contribution >= 4 is 5.91 Å². The lowest BCUT2D eigenvalue weighted by molar-refractivity contribution is 0.0287. The number of aliphatic hydroxyl groups is 1. The number of carbonyl (C=O) groups is 1. The fourth-order valence-corrected chi connectivity index (χ4v) is 3.33. The van der Waals surface area contributed by atoms with E-state index in [0.29, 0.717) is 0 Å². The third-order valence-corrected chi connectivity index (χ3v) is 4.24. The van der Waals surface area contributed by atoms with E-state index in [4.69, 9.17) is 0 Å². The molecule has 2 fully saturated rings. The van der Waals surface area contributed by atoms with Crippen LogP contribution >= 0.6 is 0 Å². The lowest BCUT2D eigenvalue weighted by atomic mass is 9.98. The van der Waals surface area contributed by atoms with Crippen LogP contribution in [0.2, 0.25) is 0 Å². The predicted octanol–water partition coefficient (Wildman–Crippen LogP) is 2.12. The highest BCUT2D eigenvalue weighted by molar-refractivity contribution is 5.95. The maximum absolute atomic E-state index is 12.5. The number of rotatable bonds is 1. The van der Waals surface area contributed by atoms with Gasteiger partial charge in [-0.3, -0.25) is 4.79 Å². The molecule has 2 bridgehead atoms. The van der Waals surface area contributed by atoms with Crippen LogP contribution in [0.1, 0.15) is 41.6 Å². The summed E-state index contributed by atoms with van der Waals surface area (Å²) in [7, 11) is 0. The van der Waals surface area contributed by atoms with E-state index >= 15 is 0 Å². The second-order valence-corrected chi connectivity index (χ2v) is 5.59. The van der Waals surface area contributed by atoms with Crippen molar-refractivity contribution in [1.82, 2.24) is 4.90 Å². The Morgan fingerprint density at radius 3 is 2.28 bits per heavy atom. The Bertz CT molecular complexity index is 440. The van der Waals surface area contributed by atoms with Crippen LogP contribution in [0.5, 0.6) is 0 Å². The van der Waals surface area contributed by atoms with Gasteiger partial charge < -0.3 is 10.0 Å². The quantitative estimate of drug-likeness (QED) is 0.823. The third-order valence-electron chi connectivity index (χ3n) is 4.24. The molecule has 3 rings (SSSR count). The molecule has 2 unspecified atom stereocenters. The van der Waals surface area contributed by atoms with E-state index in [1.807, 2.05) is 36.1 Å². The van der Waals surface area contributed by atoms with Crippen molar-refractivity contribution in [3.63, 3.8) is 0 Å². The van der Waals surface area contributed by atoms with Crippen LogP contribution < -0.4 is 0 Å².